The predicted molar refractivity (Wildman–Crippen MR) is 87.5 cm³/mol. The van der Waals surface area contributed by atoms with Crippen LogP contribution in [-0.4, -0.2) is 48.2 Å². The van der Waals surface area contributed by atoms with Crippen molar-refractivity contribution in [3.63, 3.8) is 0 Å². The first kappa shape index (κ1) is 20.4. The Morgan fingerprint density at radius 3 is 2.14 bits per heavy atom. The average molecular weight is 311 g/mol. The molecule has 0 N–H and O–H groups in total. The second-order valence-corrected chi connectivity index (χ2v) is 5.92. The molecule has 0 fully saturated rings. The molecule has 0 heterocycles. The third-order valence-electron chi connectivity index (χ3n) is 2.77. The van der Waals surface area contributed by atoms with E-state index in [0.717, 1.165) is 0 Å². The standard InChI is InChI=1S/C17H29NO4/c1-7-12-18(13-8-2)14(10-11-15(19)21-9-3)16(20)22-17(4,5)6/h7-8,14H,1-2,9-13H2,3-6H3/t14-/m0/s1. The van der Waals surface area contributed by atoms with E-state index in [0.29, 0.717) is 26.1 Å². The first-order valence-corrected chi connectivity index (χ1v) is 7.59. The molecule has 126 valence electrons. The molecule has 0 radical (unpaired) electrons. The zero-order valence-corrected chi connectivity index (χ0v) is 14.3. The summed E-state index contributed by atoms with van der Waals surface area (Å²) in [6, 6.07) is -0.528. The lowest BCUT2D eigenvalue weighted by molar-refractivity contribution is -0.161. The normalized spacial score (nSPS) is 12.6. The lowest BCUT2D eigenvalue weighted by Crippen LogP contribution is -2.45. The van der Waals surface area contributed by atoms with Gasteiger partial charge in [-0.25, -0.2) is 0 Å². The van der Waals surface area contributed by atoms with Crippen molar-refractivity contribution in [3.8, 4) is 0 Å². The zero-order valence-electron chi connectivity index (χ0n) is 14.3. The Balaban J connectivity index is 5.01. The van der Waals surface area contributed by atoms with Crippen LogP contribution < -0.4 is 0 Å². The van der Waals surface area contributed by atoms with Gasteiger partial charge < -0.3 is 9.47 Å². The van der Waals surface area contributed by atoms with Crippen molar-refractivity contribution in [1.82, 2.24) is 4.90 Å². The molecule has 0 aliphatic carbocycles. The first-order valence-electron chi connectivity index (χ1n) is 7.59. The minimum atomic E-state index is -0.576. The number of ether oxygens (including phenoxy) is 2. The van der Waals surface area contributed by atoms with Gasteiger partial charge >= 0.3 is 11.9 Å². The zero-order chi connectivity index (χ0) is 17.2. The Hall–Kier alpha value is -1.62. The van der Waals surface area contributed by atoms with Gasteiger partial charge in [-0.2, -0.15) is 0 Å². The molecule has 0 aliphatic heterocycles. The topological polar surface area (TPSA) is 55.8 Å². The molecule has 0 rings (SSSR count). The number of hydrogen-bond acceptors (Lipinski definition) is 5. The Kier molecular flexibility index (Phi) is 9.42. The van der Waals surface area contributed by atoms with E-state index in [1.54, 1.807) is 19.1 Å². The molecule has 0 spiro atoms. The Morgan fingerprint density at radius 2 is 1.73 bits per heavy atom. The van der Waals surface area contributed by atoms with Crippen LogP contribution in [0.2, 0.25) is 0 Å². The monoisotopic (exact) mass is 311 g/mol. The molecule has 0 unspecified atom stereocenters. The lowest BCUT2D eigenvalue weighted by atomic mass is 10.1. The van der Waals surface area contributed by atoms with E-state index in [4.69, 9.17) is 9.47 Å². The fourth-order valence-corrected chi connectivity index (χ4v) is 1.97. The van der Waals surface area contributed by atoms with Crippen molar-refractivity contribution < 1.29 is 19.1 Å². The molecular weight excluding hydrogens is 282 g/mol. The van der Waals surface area contributed by atoms with Gasteiger partial charge in [0.2, 0.25) is 0 Å². The van der Waals surface area contributed by atoms with Crippen LogP contribution in [0, 0.1) is 0 Å². The molecule has 0 aliphatic rings. The number of esters is 2. The quantitative estimate of drug-likeness (QED) is 0.458. The van der Waals surface area contributed by atoms with Crippen LogP contribution >= 0.6 is 0 Å². The average Bonchev–Trinajstić information content (AvgIpc) is 2.37. The molecule has 0 aromatic rings. The molecule has 22 heavy (non-hydrogen) atoms. The summed E-state index contributed by atoms with van der Waals surface area (Å²) in [5.41, 5.74) is -0.576. The summed E-state index contributed by atoms with van der Waals surface area (Å²) < 4.78 is 10.4. The van der Waals surface area contributed by atoms with Crippen molar-refractivity contribution in [2.24, 2.45) is 0 Å². The van der Waals surface area contributed by atoms with E-state index in [2.05, 4.69) is 13.2 Å². The van der Waals surface area contributed by atoms with Gasteiger partial charge in [0.05, 0.1) is 6.61 Å². The molecule has 1 atom stereocenters. The Morgan fingerprint density at radius 1 is 1.18 bits per heavy atom. The van der Waals surface area contributed by atoms with E-state index >= 15 is 0 Å². The van der Waals surface area contributed by atoms with Gasteiger partial charge in [0.25, 0.3) is 0 Å². The van der Waals surface area contributed by atoms with Gasteiger partial charge in [-0.1, -0.05) is 12.2 Å². The van der Waals surface area contributed by atoms with Crippen LogP contribution in [0.4, 0.5) is 0 Å². The summed E-state index contributed by atoms with van der Waals surface area (Å²) in [6.07, 6.45) is 3.94. The van der Waals surface area contributed by atoms with Crippen molar-refractivity contribution >= 4 is 11.9 Å². The van der Waals surface area contributed by atoms with E-state index in [1.165, 1.54) is 0 Å². The number of rotatable bonds is 10. The summed E-state index contributed by atoms with van der Waals surface area (Å²) in [5, 5.41) is 0. The molecule has 0 amide bonds. The van der Waals surface area contributed by atoms with Crippen LogP contribution in [0.25, 0.3) is 0 Å². The van der Waals surface area contributed by atoms with Gasteiger partial charge in [0, 0.05) is 19.5 Å². The lowest BCUT2D eigenvalue weighted by Gasteiger charge is -2.31. The first-order chi connectivity index (χ1) is 10.2. The molecule has 0 aromatic heterocycles. The highest BCUT2D eigenvalue weighted by molar-refractivity contribution is 5.77. The van der Waals surface area contributed by atoms with Crippen molar-refractivity contribution in [3.05, 3.63) is 25.3 Å². The smallest absolute Gasteiger partial charge is 0.323 e. The fraction of sp³-hybridized carbons (Fsp3) is 0.647. The number of carbonyl (C=O) groups is 2. The Labute approximate surface area is 134 Å². The maximum Gasteiger partial charge on any atom is 0.323 e. The maximum atomic E-state index is 12.4. The summed E-state index contributed by atoms with van der Waals surface area (Å²) in [5.74, 6) is -0.659. The molecule has 5 nitrogen and oxygen atoms in total. The molecule has 5 heteroatoms. The molecular formula is C17H29NO4. The third kappa shape index (κ3) is 8.62. The van der Waals surface area contributed by atoms with E-state index in [1.807, 2.05) is 25.7 Å². The largest absolute Gasteiger partial charge is 0.466 e. The predicted octanol–water partition coefficient (Wildman–Crippen LogP) is 2.71. The van der Waals surface area contributed by atoms with Crippen LogP contribution in [0.15, 0.2) is 25.3 Å². The second kappa shape index (κ2) is 10.2. The summed E-state index contributed by atoms with van der Waals surface area (Å²) in [6.45, 7) is 16.0. The SMILES string of the molecule is C=CCN(CC=C)[C@@H](CCC(=O)OCC)C(=O)OC(C)(C)C. The van der Waals surface area contributed by atoms with Crippen molar-refractivity contribution in [1.29, 1.82) is 0 Å². The van der Waals surface area contributed by atoms with Crippen molar-refractivity contribution in [2.75, 3.05) is 19.7 Å². The van der Waals surface area contributed by atoms with Gasteiger partial charge in [-0.15, -0.1) is 13.2 Å². The van der Waals surface area contributed by atoms with Gasteiger partial charge in [0.15, 0.2) is 0 Å². The summed E-state index contributed by atoms with van der Waals surface area (Å²) >= 11 is 0. The number of nitrogens with zero attached hydrogens (tertiary/aromatic N) is 1. The highest BCUT2D eigenvalue weighted by Crippen LogP contribution is 2.16. The third-order valence-corrected chi connectivity index (χ3v) is 2.77. The van der Waals surface area contributed by atoms with Gasteiger partial charge in [-0.3, -0.25) is 14.5 Å². The van der Waals surface area contributed by atoms with Crippen LogP contribution in [0.5, 0.6) is 0 Å². The minimum absolute atomic E-state index is 0.169. The highest BCUT2D eigenvalue weighted by Gasteiger charge is 2.30. The van der Waals surface area contributed by atoms with Crippen molar-refractivity contribution in [2.45, 2.75) is 52.2 Å². The second-order valence-electron chi connectivity index (χ2n) is 5.92. The van der Waals surface area contributed by atoms with E-state index < -0.39 is 11.6 Å². The fourth-order valence-electron chi connectivity index (χ4n) is 1.97. The van der Waals surface area contributed by atoms with Crippen LogP contribution in [0.1, 0.15) is 40.5 Å². The number of carbonyl (C=O) groups excluding carboxylic acids is 2. The minimum Gasteiger partial charge on any atom is -0.466 e. The molecule has 0 saturated carbocycles. The van der Waals surface area contributed by atoms with Gasteiger partial charge in [-0.05, 0) is 34.1 Å². The number of hydrogen-bond donors (Lipinski definition) is 0. The molecule has 0 saturated heterocycles. The molecule has 0 aromatic carbocycles. The van der Waals surface area contributed by atoms with E-state index in [-0.39, 0.29) is 18.4 Å². The summed E-state index contributed by atoms with van der Waals surface area (Å²) in [7, 11) is 0. The highest BCUT2D eigenvalue weighted by atomic mass is 16.6. The van der Waals surface area contributed by atoms with Crippen LogP contribution in [-0.2, 0) is 19.1 Å². The maximum absolute atomic E-state index is 12.4. The van der Waals surface area contributed by atoms with E-state index in [9.17, 15) is 9.59 Å². The Bertz CT molecular complexity index is 375. The van der Waals surface area contributed by atoms with Crippen LogP contribution in [0.3, 0.4) is 0 Å². The molecule has 0 bridgehead atoms. The summed E-state index contributed by atoms with van der Waals surface area (Å²) in [4.78, 5) is 25.9. The van der Waals surface area contributed by atoms with Gasteiger partial charge in [0.1, 0.15) is 11.6 Å².